The number of fused-ring (bicyclic) bond motifs is 5. The summed E-state index contributed by atoms with van der Waals surface area (Å²) >= 11 is 0. The van der Waals surface area contributed by atoms with Gasteiger partial charge in [0.2, 0.25) is 0 Å². The van der Waals surface area contributed by atoms with E-state index in [1.54, 1.807) is 19.1 Å². The Bertz CT molecular complexity index is 756. The summed E-state index contributed by atoms with van der Waals surface area (Å²) in [6, 6.07) is 0. The zero-order chi connectivity index (χ0) is 19.8. The van der Waals surface area contributed by atoms with Crippen LogP contribution in [0.15, 0.2) is 23.8 Å². The third kappa shape index (κ3) is 2.21. The number of rotatable bonds is 2. The molecule has 148 valence electrons. The number of carbonyl (C=O) groups is 2. The third-order valence-corrected chi connectivity index (χ3v) is 8.28. The Hall–Kier alpha value is -1.34. The zero-order valence-corrected chi connectivity index (χ0v) is 15.8. The molecule has 6 nitrogen and oxygen atoms in total. The molecule has 0 aromatic rings. The quantitative estimate of drug-likeness (QED) is 0.559. The van der Waals surface area contributed by atoms with E-state index in [0.29, 0.717) is 0 Å². The molecule has 4 rings (SSSR count). The summed E-state index contributed by atoms with van der Waals surface area (Å²) in [5, 5.41) is 42.3. The standard InChI is InChI=1S/C21H28O6/c1-19-6-5-12(23)7-11(19)3-4-13-14-8-16(25)21(27,17(26)10-22)20(14,2)9-15(24)18(13)19/h5-7,13-16,18,22,24-25,27H,3-4,8-10H2,1-2H3/t13-,14?,15-,16+,18+,19-,20-,21-/m0/s1. The minimum atomic E-state index is -2.05. The molecular formula is C21H28O6. The van der Waals surface area contributed by atoms with Crippen molar-refractivity contribution in [2.24, 2.45) is 28.6 Å². The molecule has 4 N–H and O–H groups in total. The second kappa shape index (κ2) is 5.83. The van der Waals surface area contributed by atoms with Crippen molar-refractivity contribution in [3.63, 3.8) is 0 Å². The fourth-order valence-corrected chi connectivity index (χ4v) is 6.96. The van der Waals surface area contributed by atoms with Crippen molar-refractivity contribution in [3.8, 4) is 0 Å². The molecule has 0 bridgehead atoms. The Morgan fingerprint density at radius 2 is 2.00 bits per heavy atom. The minimum Gasteiger partial charge on any atom is -0.393 e. The van der Waals surface area contributed by atoms with Crippen molar-refractivity contribution in [1.82, 2.24) is 0 Å². The topological polar surface area (TPSA) is 115 Å². The average Bonchev–Trinajstić information content (AvgIpc) is 2.82. The molecule has 8 atom stereocenters. The van der Waals surface area contributed by atoms with E-state index in [-0.39, 0.29) is 36.4 Å². The molecule has 6 heteroatoms. The van der Waals surface area contributed by atoms with Crippen LogP contribution < -0.4 is 0 Å². The first kappa shape index (κ1) is 19.0. The van der Waals surface area contributed by atoms with Gasteiger partial charge in [-0.15, -0.1) is 0 Å². The lowest BCUT2D eigenvalue weighted by molar-refractivity contribution is -0.190. The van der Waals surface area contributed by atoms with Crippen LogP contribution in [0.1, 0.15) is 39.5 Å². The zero-order valence-electron chi connectivity index (χ0n) is 15.8. The molecular weight excluding hydrogens is 348 g/mol. The van der Waals surface area contributed by atoms with Gasteiger partial charge in [0.15, 0.2) is 17.2 Å². The number of Topliss-reactive ketones (excluding diaryl/α,β-unsaturated/α-hetero) is 1. The number of aliphatic hydroxyl groups is 4. The highest BCUT2D eigenvalue weighted by atomic mass is 16.4. The maximum Gasteiger partial charge on any atom is 0.192 e. The normalized spacial score (nSPS) is 51.3. The molecule has 3 saturated carbocycles. The first-order valence-corrected chi connectivity index (χ1v) is 9.76. The lowest BCUT2D eigenvalue weighted by Gasteiger charge is -2.59. The van der Waals surface area contributed by atoms with E-state index in [9.17, 15) is 30.0 Å². The van der Waals surface area contributed by atoms with Gasteiger partial charge in [0, 0.05) is 16.7 Å². The number of hydrogen-bond acceptors (Lipinski definition) is 6. The molecule has 0 amide bonds. The van der Waals surface area contributed by atoms with Crippen molar-refractivity contribution in [2.45, 2.75) is 57.3 Å². The number of ketones is 2. The van der Waals surface area contributed by atoms with Gasteiger partial charge < -0.3 is 20.4 Å². The van der Waals surface area contributed by atoms with E-state index < -0.39 is 41.0 Å². The number of aliphatic hydroxyl groups excluding tert-OH is 3. The highest BCUT2D eigenvalue weighted by Gasteiger charge is 2.71. The smallest absolute Gasteiger partial charge is 0.192 e. The lowest BCUT2D eigenvalue weighted by atomic mass is 9.46. The lowest BCUT2D eigenvalue weighted by Crippen LogP contribution is -2.63. The molecule has 27 heavy (non-hydrogen) atoms. The van der Waals surface area contributed by atoms with Crippen LogP contribution in [0.25, 0.3) is 0 Å². The summed E-state index contributed by atoms with van der Waals surface area (Å²) in [4.78, 5) is 24.2. The van der Waals surface area contributed by atoms with Gasteiger partial charge in [-0.2, -0.15) is 0 Å². The summed E-state index contributed by atoms with van der Waals surface area (Å²) in [6.45, 7) is 2.96. The SMILES string of the molecule is C[C@]12C=CC(=O)C=C1CC[C@H]1C3C[C@@H](O)[C@](O)(C(=O)CO)[C@@]3(C)C[C@H](O)[C@@H]12. The van der Waals surface area contributed by atoms with Gasteiger partial charge in [0.1, 0.15) is 6.61 Å². The second-order valence-electron chi connectivity index (χ2n) is 9.31. The Kier molecular flexibility index (Phi) is 4.10. The van der Waals surface area contributed by atoms with Crippen molar-refractivity contribution in [3.05, 3.63) is 23.8 Å². The highest BCUT2D eigenvalue weighted by Crippen LogP contribution is 2.67. The predicted octanol–water partition coefficient (Wildman–Crippen LogP) is 0.528. The Morgan fingerprint density at radius 1 is 1.30 bits per heavy atom. The molecule has 0 spiro atoms. The van der Waals surface area contributed by atoms with Crippen LogP contribution in [0, 0.1) is 28.6 Å². The molecule has 4 aliphatic carbocycles. The Morgan fingerprint density at radius 3 is 2.67 bits per heavy atom. The maximum atomic E-state index is 12.4. The summed E-state index contributed by atoms with van der Waals surface area (Å²) in [5.41, 5.74) is -2.46. The van der Waals surface area contributed by atoms with Crippen LogP contribution in [-0.2, 0) is 9.59 Å². The fourth-order valence-electron chi connectivity index (χ4n) is 6.96. The molecule has 0 radical (unpaired) electrons. The Balaban J connectivity index is 1.78. The number of carbonyl (C=O) groups excluding carboxylic acids is 2. The van der Waals surface area contributed by atoms with Crippen molar-refractivity contribution >= 4 is 11.6 Å². The van der Waals surface area contributed by atoms with Crippen LogP contribution in [0.2, 0.25) is 0 Å². The second-order valence-corrected chi connectivity index (χ2v) is 9.31. The van der Waals surface area contributed by atoms with Gasteiger partial charge in [0.25, 0.3) is 0 Å². The molecule has 3 fully saturated rings. The van der Waals surface area contributed by atoms with Gasteiger partial charge in [0.05, 0.1) is 12.2 Å². The van der Waals surface area contributed by atoms with Gasteiger partial charge in [-0.05, 0) is 49.7 Å². The van der Waals surface area contributed by atoms with E-state index in [2.05, 4.69) is 0 Å². The highest BCUT2D eigenvalue weighted by molar-refractivity contribution is 6.01. The van der Waals surface area contributed by atoms with E-state index in [0.717, 1.165) is 18.4 Å². The van der Waals surface area contributed by atoms with E-state index >= 15 is 0 Å². The van der Waals surface area contributed by atoms with Crippen LogP contribution in [0.5, 0.6) is 0 Å². The monoisotopic (exact) mass is 376 g/mol. The molecule has 0 aromatic heterocycles. The van der Waals surface area contributed by atoms with E-state index in [1.807, 2.05) is 13.0 Å². The van der Waals surface area contributed by atoms with Crippen molar-refractivity contribution < 1.29 is 30.0 Å². The minimum absolute atomic E-state index is 0.00826. The first-order chi connectivity index (χ1) is 12.6. The summed E-state index contributed by atoms with van der Waals surface area (Å²) in [5.74, 6) is -1.09. The van der Waals surface area contributed by atoms with Crippen LogP contribution >= 0.6 is 0 Å². The molecule has 0 aromatic carbocycles. The van der Waals surface area contributed by atoms with E-state index in [4.69, 9.17) is 0 Å². The molecule has 0 aliphatic heterocycles. The number of hydrogen-bond donors (Lipinski definition) is 4. The predicted molar refractivity (Wildman–Crippen MR) is 96.4 cm³/mol. The van der Waals surface area contributed by atoms with E-state index in [1.165, 1.54) is 0 Å². The van der Waals surface area contributed by atoms with Gasteiger partial charge in [-0.3, -0.25) is 9.59 Å². The fraction of sp³-hybridized carbons (Fsp3) is 0.714. The summed E-state index contributed by atoms with van der Waals surface area (Å²) < 4.78 is 0. The van der Waals surface area contributed by atoms with Crippen LogP contribution in [0.4, 0.5) is 0 Å². The average molecular weight is 376 g/mol. The summed E-state index contributed by atoms with van der Waals surface area (Å²) in [6.07, 6.45) is 4.97. The maximum absolute atomic E-state index is 12.4. The Labute approximate surface area is 158 Å². The van der Waals surface area contributed by atoms with Gasteiger partial charge in [-0.1, -0.05) is 25.5 Å². The molecule has 4 aliphatic rings. The molecule has 0 saturated heterocycles. The van der Waals surface area contributed by atoms with Crippen LogP contribution in [0.3, 0.4) is 0 Å². The van der Waals surface area contributed by atoms with Crippen molar-refractivity contribution in [2.75, 3.05) is 6.61 Å². The van der Waals surface area contributed by atoms with Gasteiger partial charge in [-0.25, -0.2) is 0 Å². The van der Waals surface area contributed by atoms with Gasteiger partial charge >= 0.3 is 0 Å². The van der Waals surface area contributed by atoms with Crippen molar-refractivity contribution in [1.29, 1.82) is 0 Å². The third-order valence-electron chi connectivity index (χ3n) is 8.28. The number of allylic oxidation sites excluding steroid dienone is 4. The van der Waals surface area contributed by atoms with Crippen LogP contribution in [-0.4, -0.2) is 56.4 Å². The largest absolute Gasteiger partial charge is 0.393 e. The molecule has 1 unspecified atom stereocenters. The summed E-state index contributed by atoms with van der Waals surface area (Å²) in [7, 11) is 0. The molecule has 0 heterocycles. The first-order valence-electron chi connectivity index (χ1n) is 9.76.